The van der Waals surface area contributed by atoms with Gasteiger partial charge >= 0.3 is 0 Å². The van der Waals surface area contributed by atoms with Crippen molar-refractivity contribution in [3.8, 4) is 0 Å². The van der Waals surface area contributed by atoms with E-state index in [1.807, 2.05) is 0 Å². The Hall–Kier alpha value is -1.03. The Kier molecular flexibility index (Phi) is 2.83. The highest BCUT2D eigenvalue weighted by Gasteiger charge is 2.20. The molecule has 0 unspecified atom stereocenters. The number of halogens is 1. The Labute approximate surface area is 84.9 Å². The maximum absolute atomic E-state index is 12.8. The van der Waals surface area contributed by atoms with E-state index in [0.29, 0.717) is 18.2 Å². The molecule has 84 valence electrons. The SMILES string of the molecule is O=S(=O)(O)c1ccc(F)c(S(=O)(=O)O)c1. The lowest BCUT2D eigenvalue weighted by Crippen LogP contribution is -2.05. The van der Waals surface area contributed by atoms with E-state index in [-0.39, 0.29) is 0 Å². The minimum absolute atomic E-state index is 0.319. The molecule has 0 aliphatic carbocycles. The average Bonchev–Trinajstić information content (AvgIpc) is 2.00. The summed E-state index contributed by atoms with van der Waals surface area (Å²) in [7, 11) is -9.51. The standard InChI is InChI=1S/C6H5FO6S2/c7-5-2-1-4(14(8,9)10)3-6(5)15(11,12)13/h1-3H,(H,8,9,10)(H,11,12,13). The van der Waals surface area contributed by atoms with Gasteiger partial charge in [0.15, 0.2) is 0 Å². The second kappa shape index (κ2) is 3.52. The molecule has 2 N–H and O–H groups in total. The summed E-state index contributed by atoms with van der Waals surface area (Å²) >= 11 is 0. The zero-order valence-corrected chi connectivity index (χ0v) is 8.59. The minimum atomic E-state index is -4.87. The van der Waals surface area contributed by atoms with E-state index in [1.165, 1.54) is 0 Å². The van der Waals surface area contributed by atoms with Gasteiger partial charge in [-0.05, 0) is 18.2 Å². The Balaban J connectivity index is 3.57. The van der Waals surface area contributed by atoms with Gasteiger partial charge in [0.1, 0.15) is 10.7 Å². The summed E-state index contributed by atoms with van der Waals surface area (Å²) < 4.78 is 72.2. The van der Waals surface area contributed by atoms with E-state index in [1.54, 1.807) is 0 Å². The third kappa shape index (κ3) is 2.72. The molecule has 0 saturated carbocycles. The van der Waals surface area contributed by atoms with Gasteiger partial charge in [-0.3, -0.25) is 9.11 Å². The van der Waals surface area contributed by atoms with Crippen LogP contribution < -0.4 is 0 Å². The summed E-state index contributed by atoms with van der Waals surface area (Å²) in [6.07, 6.45) is 0. The summed E-state index contributed by atoms with van der Waals surface area (Å²) in [4.78, 5) is -2.03. The van der Waals surface area contributed by atoms with Crippen LogP contribution in [0.1, 0.15) is 0 Å². The van der Waals surface area contributed by atoms with Gasteiger partial charge < -0.3 is 0 Å². The van der Waals surface area contributed by atoms with E-state index in [2.05, 4.69) is 0 Å². The third-order valence-corrected chi connectivity index (χ3v) is 3.20. The predicted octanol–water partition coefficient (Wildman–Crippen LogP) is 0.319. The van der Waals surface area contributed by atoms with Gasteiger partial charge in [-0.15, -0.1) is 0 Å². The van der Waals surface area contributed by atoms with Crippen molar-refractivity contribution >= 4 is 20.2 Å². The van der Waals surface area contributed by atoms with Crippen molar-refractivity contribution in [2.45, 2.75) is 9.79 Å². The normalized spacial score (nSPS) is 12.7. The molecule has 6 nitrogen and oxygen atoms in total. The van der Waals surface area contributed by atoms with Crippen molar-refractivity contribution in [1.29, 1.82) is 0 Å². The summed E-state index contributed by atoms with van der Waals surface area (Å²) in [5.74, 6) is -1.31. The van der Waals surface area contributed by atoms with Gasteiger partial charge in [0, 0.05) is 0 Å². The van der Waals surface area contributed by atoms with Gasteiger partial charge in [0.2, 0.25) is 0 Å². The average molecular weight is 256 g/mol. The zero-order valence-electron chi connectivity index (χ0n) is 6.95. The highest BCUT2D eigenvalue weighted by atomic mass is 32.2. The molecule has 9 heteroatoms. The van der Waals surface area contributed by atoms with Crippen molar-refractivity contribution in [1.82, 2.24) is 0 Å². The third-order valence-electron chi connectivity index (χ3n) is 1.48. The van der Waals surface area contributed by atoms with Crippen LogP contribution >= 0.6 is 0 Å². The fraction of sp³-hybridized carbons (Fsp3) is 0. The molecule has 0 fully saturated rings. The van der Waals surface area contributed by atoms with Crippen molar-refractivity contribution in [3.05, 3.63) is 24.0 Å². The van der Waals surface area contributed by atoms with Gasteiger partial charge in [0.25, 0.3) is 20.2 Å². The van der Waals surface area contributed by atoms with Crippen molar-refractivity contribution in [2.75, 3.05) is 0 Å². The molecule has 0 bridgehead atoms. The number of hydrogen-bond donors (Lipinski definition) is 2. The van der Waals surface area contributed by atoms with Crippen LogP contribution in [0.25, 0.3) is 0 Å². The lowest BCUT2D eigenvalue weighted by Gasteiger charge is -2.01. The molecular weight excluding hydrogens is 251 g/mol. The first-order chi connectivity index (χ1) is 6.62. The van der Waals surface area contributed by atoms with Crippen molar-refractivity contribution in [3.63, 3.8) is 0 Å². The van der Waals surface area contributed by atoms with Gasteiger partial charge in [-0.25, -0.2) is 4.39 Å². The minimum Gasteiger partial charge on any atom is -0.282 e. The van der Waals surface area contributed by atoms with Crippen LogP contribution in [-0.4, -0.2) is 25.9 Å². The Morgan fingerprint density at radius 2 is 1.53 bits per heavy atom. The van der Waals surface area contributed by atoms with E-state index in [4.69, 9.17) is 9.11 Å². The molecule has 0 aromatic heterocycles. The lowest BCUT2D eigenvalue weighted by atomic mass is 10.3. The Bertz CT molecular complexity index is 588. The van der Waals surface area contributed by atoms with Crippen LogP contribution in [0.4, 0.5) is 4.39 Å². The largest absolute Gasteiger partial charge is 0.297 e. The Morgan fingerprint density at radius 3 is 1.93 bits per heavy atom. The van der Waals surface area contributed by atoms with E-state index in [0.717, 1.165) is 0 Å². The van der Waals surface area contributed by atoms with E-state index < -0.39 is 35.8 Å². The molecule has 15 heavy (non-hydrogen) atoms. The zero-order chi connectivity index (χ0) is 11.9. The van der Waals surface area contributed by atoms with Crippen LogP contribution in [-0.2, 0) is 20.2 Å². The summed E-state index contributed by atoms with van der Waals surface area (Å²) in [6.45, 7) is 0. The van der Waals surface area contributed by atoms with Crippen LogP contribution in [0.15, 0.2) is 28.0 Å². The maximum atomic E-state index is 12.8. The molecular formula is C6H5FO6S2. The Morgan fingerprint density at radius 1 is 1.00 bits per heavy atom. The van der Waals surface area contributed by atoms with E-state index in [9.17, 15) is 21.2 Å². The molecule has 1 aromatic rings. The highest BCUT2D eigenvalue weighted by molar-refractivity contribution is 7.86. The number of rotatable bonds is 2. The molecule has 0 atom stereocenters. The van der Waals surface area contributed by atoms with Gasteiger partial charge in [0.05, 0.1) is 4.90 Å². The van der Waals surface area contributed by atoms with Crippen LogP contribution in [0.2, 0.25) is 0 Å². The van der Waals surface area contributed by atoms with Crippen molar-refractivity contribution < 1.29 is 30.3 Å². The maximum Gasteiger partial charge on any atom is 0.297 e. The second-order valence-corrected chi connectivity index (χ2v) is 5.35. The first-order valence-electron chi connectivity index (χ1n) is 3.37. The lowest BCUT2D eigenvalue weighted by molar-refractivity contribution is 0.471. The molecule has 0 saturated heterocycles. The van der Waals surface area contributed by atoms with Gasteiger partial charge in [-0.1, -0.05) is 0 Å². The molecule has 0 aliphatic heterocycles. The summed E-state index contributed by atoms with van der Waals surface area (Å²) in [5.41, 5.74) is 0. The molecule has 0 amide bonds. The quantitative estimate of drug-likeness (QED) is 0.737. The predicted molar refractivity (Wildman–Crippen MR) is 46.0 cm³/mol. The number of benzene rings is 1. The molecule has 0 heterocycles. The fourth-order valence-corrected chi connectivity index (χ4v) is 2.01. The fourth-order valence-electron chi connectivity index (χ4n) is 0.842. The van der Waals surface area contributed by atoms with Crippen molar-refractivity contribution in [2.24, 2.45) is 0 Å². The van der Waals surface area contributed by atoms with Gasteiger partial charge in [-0.2, -0.15) is 16.8 Å². The van der Waals surface area contributed by atoms with Crippen LogP contribution in [0.5, 0.6) is 0 Å². The molecule has 1 aromatic carbocycles. The molecule has 0 spiro atoms. The monoisotopic (exact) mass is 256 g/mol. The topological polar surface area (TPSA) is 109 Å². The first-order valence-corrected chi connectivity index (χ1v) is 6.25. The summed E-state index contributed by atoms with van der Waals surface area (Å²) in [6, 6.07) is 1.49. The number of hydrogen-bond acceptors (Lipinski definition) is 4. The second-order valence-electron chi connectivity index (χ2n) is 2.54. The first kappa shape index (κ1) is 12.0. The van der Waals surface area contributed by atoms with Crippen LogP contribution in [0, 0.1) is 5.82 Å². The highest BCUT2D eigenvalue weighted by Crippen LogP contribution is 2.18. The molecule has 0 aliphatic rings. The van der Waals surface area contributed by atoms with Crippen LogP contribution in [0.3, 0.4) is 0 Å². The van der Waals surface area contributed by atoms with E-state index >= 15 is 0 Å². The molecule has 1 rings (SSSR count). The molecule has 0 radical (unpaired) electrons. The summed E-state index contributed by atoms with van der Waals surface area (Å²) in [5, 5.41) is 0. The smallest absolute Gasteiger partial charge is 0.282 e.